The lowest BCUT2D eigenvalue weighted by atomic mass is 10.2. The Morgan fingerprint density at radius 1 is 1.57 bits per heavy atom. The third-order valence-corrected chi connectivity index (χ3v) is 3.18. The standard InChI is InChI=1S/C10H15BrN2S/c1-8(7-14-2)5-12-10-4-3-9(11)6-13-10/h3-4,6,8H,5,7H2,1-2H3,(H,12,13). The molecule has 0 fully saturated rings. The first kappa shape index (κ1) is 11.9. The molecule has 0 bridgehead atoms. The number of hydrogen-bond donors (Lipinski definition) is 1. The first-order valence-corrected chi connectivity index (χ1v) is 6.75. The summed E-state index contributed by atoms with van der Waals surface area (Å²) in [5.74, 6) is 2.81. The van der Waals surface area contributed by atoms with Crippen molar-refractivity contribution in [1.29, 1.82) is 0 Å². The zero-order chi connectivity index (χ0) is 10.4. The normalized spacial score (nSPS) is 12.5. The van der Waals surface area contributed by atoms with E-state index in [2.05, 4.69) is 39.4 Å². The molecule has 78 valence electrons. The van der Waals surface area contributed by atoms with E-state index in [0.717, 1.165) is 16.8 Å². The Morgan fingerprint density at radius 2 is 2.36 bits per heavy atom. The number of rotatable bonds is 5. The van der Waals surface area contributed by atoms with Gasteiger partial charge < -0.3 is 5.32 Å². The average molecular weight is 275 g/mol. The van der Waals surface area contributed by atoms with E-state index >= 15 is 0 Å². The Labute approximate surface area is 98.0 Å². The Kier molecular flexibility index (Phi) is 5.33. The maximum Gasteiger partial charge on any atom is 0.125 e. The molecule has 2 nitrogen and oxygen atoms in total. The van der Waals surface area contributed by atoms with Crippen molar-refractivity contribution < 1.29 is 0 Å². The molecule has 0 radical (unpaired) electrons. The van der Waals surface area contributed by atoms with E-state index in [0.29, 0.717) is 5.92 Å². The van der Waals surface area contributed by atoms with Crippen LogP contribution in [0, 0.1) is 5.92 Å². The van der Waals surface area contributed by atoms with Gasteiger partial charge in [-0.2, -0.15) is 11.8 Å². The van der Waals surface area contributed by atoms with Crippen LogP contribution in [0.5, 0.6) is 0 Å². The molecule has 0 saturated carbocycles. The first-order chi connectivity index (χ1) is 6.72. The number of nitrogens with one attached hydrogen (secondary N) is 1. The molecule has 14 heavy (non-hydrogen) atoms. The van der Waals surface area contributed by atoms with Gasteiger partial charge in [-0.1, -0.05) is 6.92 Å². The second kappa shape index (κ2) is 6.30. The zero-order valence-electron chi connectivity index (χ0n) is 8.46. The third kappa shape index (κ3) is 4.33. The monoisotopic (exact) mass is 274 g/mol. The van der Waals surface area contributed by atoms with Crippen LogP contribution in [0.25, 0.3) is 0 Å². The largest absolute Gasteiger partial charge is 0.370 e. The van der Waals surface area contributed by atoms with Crippen LogP contribution in [-0.2, 0) is 0 Å². The molecule has 0 aliphatic heterocycles. The fraction of sp³-hybridized carbons (Fsp3) is 0.500. The Morgan fingerprint density at radius 3 is 2.93 bits per heavy atom. The average Bonchev–Trinajstić information content (AvgIpc) is 2.17. The van der Waals surface area contributed by atoms with Gasteiger partial charge >= 0.3 is 0 Å². The van der Waals surface area contributed by atoms with Gasteiger partial charge in [-0.3, -0.25) is 0 Å². The van der Waals surface area contributed by atoms with Crippen LogP contribution < -0.4 is 5.32 Å². The number of pyridine rings is 1. The molecular weight excluding hydrogens is 260 g/mol. The van der Waals surface area contributed by atoms with Crippen molar-refractivity contribution in [3.63, 3.8) is 0 Å². The molecule has 1 aromatic rings. The highest BCUT2D eigenvalue weighted by molar-refractivity contribution is 9.10. The predicted octanol–water partition coefficient (Wildman–Crippen LogP) is 3.26. The van der Waals surface area contributed by atoms with E-state index < -0.39 is 0 Å². The van der Waals surface area contributed by atoms with E-state index in [4.69, 9.17) is 0 Å². The molecule has 1 unspecified atom stereocenters. The molecule has 0 aliphatic carbocycles. The van der Waals surface area contributed by atoms with Gasteiger partial charge in [-0.15, -0.1) is 0 Å². The minimum atomic E-state index is 0.676. The first-order valence-electron chi connectivity index (χ1n) is 4.56. The van der Waals surface area contributed by atoms with Crippen LogP contribution in [0.1, 0.15) is 6.92 Å². The highest BCUT2D eigenvalue weighted by Gasteiger charge is 2.00. The highest BCUT2D eigenvalue weighted by Crippen LogP contribution is 2.11. The van der Waals surface area contributed by atoms with Crippen LogP contribution in [0.2, 0.25) is 0 Å². The van der Waals surface area contributed by atoms with Crippen LogP contribution in [-0.4, -0.2) is 23.5 Å². The predicted molar refractivity (Wildman–Crippen MR) is 68.0 cm³/mol. The topological polar surface area (TPSA) is 24.9 Å². The van der Waals surface area contributed by atoms with Gasteiger partial charge in [0.15, 0.2) is 0 Å². The number of nitrogens with zero attached hydrogens (tertiary/aromatic N) is 1. The van der Waals surface area contributed by atoms with Crippen molar-refractivity contribution in [3.05, 3.63) is 22.8 Å². The van der Waals surface area contributed by atoms with Gasteiger partial charge in [-0.25, -0.2) is 4.98 Å². The summed E-state index contributed by atoms with van der Waals surface area (Å²) >= 11 is 5.24. The van der Waals surface area contributed by atoms with Crippen LogP contribution >= 0.6 is 27.7 Å². The molecule has 1 rings (SSSR count). The fourth-order valence-electron chi connectivity index (χ4n) is 1.10. The second-order valence-electron chi connectivity index (χ2n) is 3.30. The minimum absolute atomic E-state index is 0.676. The molecule has 4 heteroatoms. The van der Waals surface area contributed by atoms with Gasteiger partial charge in [0.25, 0.3) is 0 Å². The maximum atomic E-state index is 4.25. The van der Waals surface area contributed by atoms with Crippen LogP contribution in [0.3, 0.4) is 0 Å². The van der Waals surface area contributed by atoms with E-state index in [1.54, 1.807) is 0 Å². The molecule has 1 aromatic heterocycles. The summed E-state index contributed by atoms with van der Waals surface area (Å²) in [5, 5.41) is 3.31. The summed E-state index contributed by atoms with van der Waals surface area (Å²) in [7, 11) is 0. The number of aromatic nitrogens is 1. The molecular formula is C10H15BrN2S. The van der Waals surface area contributed by atoms with Gasteiger partial charge in [0, 0.05) is 17.2 Å². The zero-order valence-corrected chi connectivity index (χ0v) is 10.9. The smallest absolute Gasteiger partial charge is 0.125 e. The van der Waals surface area contributed by atoms with Crippen LogP contribution in [0.4, 0.5) is 5.82 Å². The third-order valence-electron chi connectivity index (χ3n) is 1.81. The molecule has 0 saturated heterocycles. The molecule has 0 aromatic carbocycles. The minimum Gasteiger partial charge on any atom is -0.370 e. The van der Waals surface area contributed by atoms with Gasteiger partial charge in [0.2, 0.25) is 0 Å². The molecule has 0 aliphatic rings. The van der Waals surface area contributed by atoms with Crippen molar-refractivity contribution in [3.8, 4) is 0 Å². The van der Waals surface area contributed by atoms with Crippen molar-refractivity contribution in [2.45, 2.75) is 6.92 Å². The fourth-order valence-corrected chi connectivity index (χ4v) is 2.02. The lowest BCUT2D eigenvalue weighted by Gasteiger charge is -2.11. The van der Waals surface area contributed by atoms with E-state index in [1.807, 2.05) is 30.1 Å². The quantitative estimate of drug-likeness (QED) is 0.892. The van der Waals surface area contributed by atoms with E-state index in [-0.39, 0.29) is 0 Å². The lowest BCUT2D eigenvalue weighted by molar-refractivity contribution is 0.699. The van der Waals surface area contributed by atoms with E-state index in [9.17, 15) is 0 Å². The molecule has 1 N–H and O–H groups in total. The molecule has 0 amide bonds. The van der Waals surface area contributed by atoms with E-state index in [1.165, 1.54) is 5.75 Å². The van der Waals surface area contributed by atoms with Crippen molar-refractivity contribution in [1.82, 2.24) is 4.98 Å². The van der Waals surface area contributed by atoms with Crippen molar-refractivity contribution in [2.24, 2.45) is 5.92 Å². The van der Waals surface area contributed by atoms with Gasteiger partial charge in [0.1, 0.15) is 5.82 Å². The molecule has 0 spiro atoms. The van der Waals surface area contributed by atoms with Crippen molar-refractivity contribution >= 4 is 33.5 Å². The number of anilines is 1. The summed E-state index contributed by atoms with van der Waals surface area (Å²) in [5.41, 5.74) is 0. The summed E-state index contributed by atoms with van der Waals surface area (Å²) < 4.78 is 1.01. The lowest BCUT2D eigenvalue weighted by Crippen LogP contribution is -2.13. The SMILES string of the molecule is CSCC(C)CNc1ccc(Br)cn1. The number of hydrogen-bond acceptors (Lipinski definition) is 3. The maximum absolute atomic E-state index is 4.25. The Bertz CT molecular complexity index is 263. The Balaban J connectivity index is 2.34. The molecule has 1 heterocycles. The van der Waals surface area contributed by atoms with Gasteiger partial charge in [0.05, 0.1) is 0 Å². The second-order valence-corrected chi connectivity index (χ2v) is 5.13. The summed E-state index contributed by atoms with van der Waals surface area (Å²) in [6, 6.07) is 3.98. The summed E-state index contributed by atoms with van der Waals surface area (Å²) in [6.07, 6.45) is 3.94. The summed E-state index contributed by atoms with van der Waals surface area (Å²) in [4.78, 5) is 4.25. The van der Waals surface area contributed by atoms with Crippen molar-refractivity contribution in [2.75, 3.05) is 23.9 Å². The number of halogens is 1. The summed E-state index contributed by atoms with van der Waals surface area (Å²) in [6.45, 7) is 3.22. The molecule has 1 atom stereocenters. The number of thioether (sulfide) groups is 1. The van der Waals surface area contributed by atoms with Gasteiger partial charge in [-0.05, 0) is 46.0 Å². The van der Waals surface area contributed by atoms with Crippen LogP contribution in [0.15, 0.2) is 22.8 Å². The highest BCUT2D eigenvalue weighted by atomic mass is 79.9. The Hall–Kier alpha value is -0.220.